The summed E-state index contributed by atoms with van der Waals surface area (Å²) in [6.45, 7) is 4.44. The molecule has 2 unspecified atom stereocenters. The number of rotatable bonds is 4. The van der Waals surface area contributed by atoms with Gasteiger partial charge in [-0.2, -0.15) is 0 Å². The highest BCUT2D eigenvalue weighted by Crippen LogP contribution is 2.40. The van der Waals surface area contributed by atoms with E-state index in [9.17, 15) is 0 Å². The van der Waals surface area contributed by atoms with Crippen LogP contribution in [0.1, 0.15) is 56.1 Å². The number of benzene rings is 1. The Morgan fingerprint density at radius 1 is 1.26 bits per heavy atom. The van der Waals surface area contributed by atoms with Crippen LogP contribution in [-0.2, 0) is 6.54 Å². The molecule has 1 heterocycles. The van der Waals surface area contributed by atoms with E-state index in [4.69, 9.17) is 5.73 Å². The van der Waals surface area contributed by atoms with Crippen LogP contribution in [0.5, 0.6) is 0 Å². The number of nitrogens with two attached hydrogens (primary N) is 1. The van der Waals surface area contributed by atoms with E-state index in [0.29, 0.717) is 6.04 Å². The zero-order valence-electron chi connectivity index (χ0n) is 12.0. The second-order valence-electron chi connectivity index (χ2n) is 6.41. The highest BCUT2D eigenvalue weighted by atomic mass is 15.2. The molecule has 2 N–H and O–H groups in total. The molecule has 19 heavy (non-hydrogen) atoms. The van der Waals surface area contributed by atoms with E-state index in [-0.39, 0.29) is 6.04 Å². The number of hydrogen-bond donors (Lipinski definition) is 1. The lowest BCUT2D eigenvalue weighted by Crippen LogP contribution is -2.48. The molecule has 1 saturated heterocycles. The van der Waals surface area contributed by atoms with Crippen molar-refractivity contribution in [1.29, 1.82) is 0 Å². The molecule has 0 amide bonds. The highest BCUT2D eigenvalue weighted by molar-refractivity contribution is 5.29. The molecule has 1 aromatic carbocycles. The smallest absolute Gasteiger partial charge is 0.0248 e. The quantitative estimate of drug-likeness (QED) is 0.898. The minimum atomic E-state index is 0.284. The lowest BCUT2D eigenvalue weighted by Gasteiger charge is -2.38. The topological polar surface area (TPSA) is 29.3 Å². The van der Waals surface area contributed by atoms with E-state index < -0.39 is 0 Å². The van der Waals surface area contributed by atoms with Gasteiger partial charge in [-0.15, -0.1) is 0 Å². The third kappa shape index (κ3) is 3.18. The summed E-state index contributed by atoms with van der Waals surface area (Å²) in [6, 6.07) is 10.1. The minimum absolute atomic E-state index is 0.284. The van der Waals surface area contributed by atoms with Crippen molar-refractivity contribution in [1.82, 2.24) is 4.90 Å². The Labute approximate surface area is 117 Å². The monoisotopic (exact) mass is 258 g/mol. The number of hydrogen-bond acceptors (Lipinski definition) is 2. The molecule has 1 aromatic rings. The molecule has 2 nitrogen and oxygen atoms in total. The molecule has 1 saturated carbocycles. The van der Waals surface area contributed by atoms with E-state index in [2.05, 4.69) is 36.1 Å². The van der Waals surface area contributed by atoms with Crippen molar-refractivity contribution < 1.29 is 0 Å². The van der Waals surface area contributed by atoms with Crippen molar-refractivity contribution in [3.05, 3.63) is 35.4 Å². The molecule has 0 bridgehead atoms. The van der Waals surface area contributed by atoms with Gasteiger partial charge < -0.3 is 5.73 Å². The Morgan fingerprint density at radius 2 is 2.11 bits per heavy atom. The molecular formula is C17H26N2. The van der Waals surface area contributed by atoms with Crippen LogP contribution in [0.4, 0.5) is 0 Å². The number of piperidine rings is 1. The average Bonchev–Trinajstić information content (AvgIpc) is 3.24. The van der Waals surface area contributed by atoms with E-state index in [1.165, 1.54) is 44.2 Å². The van der Waals surface area contributed by atoms with E-state index in [1.807, 2.05) is 0 Å². The van der Waals surface area contributed by atoms with Crippen LogP contribution >= 0.6 is 0 Å². The largest absolute Gasteiger partial charge is 0.327 e. The zero-order valence-corrected chi connectivity index (χ0v) is 12.0. The van der Waals surface area contributed by atoms with Crippen LogP contribution in [0, 0.1) is 0 Å². The third-order valence-electron chi connectivity index (χ3n) is 4.66. The summed E-state index contributed by atoms with van der Waals surface area (Å²) in [5.74, 6) is 0.852. The summed E-state index contributed by atoms with van der Waals surface area (Å²) in [4.78, 5) is 2.60. The first-order chi connectivity index (χ1) is 9.24. The molecule has 2 aliphatic rings. The molecule has 2 fully saturated rings. The molecule has 1 aliphatic heterocycles. The maximum Gasteiger partial charge on any atom is 0.0248 e. The lowest BCUT2D eigenvalue weighted by molar-refractivity contribution is 0.123. The predicted octanol–water partition coefficient (Wildman–Crippen LogP) is 3.27. The molecule has 0 radical (unpaired) electrons. The van der Waals surface area contributed by atoms with Gasteiger partial charge >= 0.3 is 0 Å². The van der Waals surface area contributed by atoms with E-state index >= 15 is 0 Å². The van der Waals surface area contributed by atoms with Crippen LogP contribution in [0.15, 0.2) is 24.3 Å². The van der Waals surface area contributed by atoms with Gasteiger partial charge in [0.25, 0.3) is 0 Å². The Bertz CT molecular complexity index is 423. The highest BCUT2D eigenvalue weighted by Gasteiger charge is 2.26. The number of nitrogens with zero attached hydrogens (tertiary/aromatic N) is 1. The Balaban J connectivity index is 1.70. The SMILES string of the molecule is CC(N)C1CCCCN1Cc1cccc(C2CC2)c1. The first-order valence-corrected chi connectivity index (χ1v) is 7.82. The van der Waals surface area contributed by atoms with Gasteiger partial charge in [-0.25, -0.2) is 0 Å². The van der Waals surface area contributed by atoms with Crippen molar-refractivity contribution in [2.45, 2.75) is 63.6 Å². The molecular weight excluding hydrogens is 232 g/mol. The summed E-state index contributed by atoms with van der Waals surface area (Å²) >= 11 is 0. The molecule has 1 aliphatic carbocycles. The van der Waals surface area contributed by atoms with Crippen molar-refractivity contribution in [3.63, 3.8) is 0 Å². The van der Waals surface area contributed by atoms with Crippen molar-refractivity contribution in [2.24, 2.45) is 5.73 Å². The van der Waals surface area contributed by atoms with Gasteiger partial charge in [0.05, 0.1) is 0 Å². The third-order valence-corrected chi connectivity index (χ3v) is 4.66. The zero-order chi connectivity index (χ0) is 13.2. The van der Waals surface area contributed by atoms with Crippen LogP contribution < -0.4 is 5.73 Å². The summed E-state index contributed by atoms with van der Waals surface area (Å²) in [7, 11) is 0. The lowest BCUT2D eigenvalue weighted by atomic mass is 9.96. The van der Waals surface area contributed by atoms with Gasteiger partial charge in [-0.3, -0.25) is 4.90 Å². The first kappa shape index (κ1) is 13.1. The maximum absolute atomic E-state index is 6.16. The fourth-order valence-corrected chi connectivity index (χ4v) is 3.41. The van der Waals surface area contributed by atoms with Gasteiger partial charge in [0.15, 0.2) is 0 Å². The number of likely N-dealkylation sites (tertiary alicyclic amines) is 1. The Morgan fingerprint density at radius 3 is 2.84 bits per heavy atom. The van der Waals surface area contributed by atoms with Gasteiger partial charge in [-0.05, 0) is 56.2 Å². The molecule has 0 spiro atoms. The molecule has 2 heteroatoms. The van der Waals surface area contributed by atoms with E-state index in [0.717, 1.165) is 12.5 Å². The van der Waals surface area contributed by atoms with E-state index in [1.54, 1.807) is 5.56 Å². The summed E-state index contributed by atoms with van der Waals surface area (Å²) in [5, 5.41) is 0. The fourth-order valence-electron chi connectivity index (χ4n) is 3.41. The molecule has 0 aromatic heterocycles. The predicted molar refractivity (Wildman–Crippen MR) is 80.1 cm³/mol. The van der Waals surface area contributed by atoms with Gasteiger partial charge in [0.1, 0.15) is 0 Å². The fraction of sp³-hybridized carbons (Fsp3) is 0.647. The first-order valence-electron chi connectivity index (χ1n) is 7.82. The molecule has 3 rings (SSSR count). The normalized spacial score (nSPS) is 26.3. The Hall–Kier alpha value is -0.860. The average molecular weight is 258 g/mol. The summed E-state index contributed by atoms with van der Waals surface area (Å²) < 4.78 is 0. The minimum Gasteiger partial charge on any atom is -0.327 e. The van der Waals surface area contributed by atoms with Crippen LogP contribution in [0.2, 0.25) is 0 Å². The van der Waals surface area contributed by atoms with Crippen molar-refractivity contribution in [2.75, 3.05) is 6.54 Å². The van der Waals surface area contributed by atoms with Crippen LogP contribution in [0.3, 0.4) is 0 Å². The summed E-state index contributed by atoms with van der Waals surface area (Å²) in [6.07, 6.45) is 6.70. The summed E-state index contributed by atoms with van der Waals surface area (Å²) in [5.41, 5.74) is 9.18. The van der Waals surface area contributed by atoms with Crippen molar-refractivity contribution in [3.8, 4) is 0 Å². The second kappa shape index (κ2) is 5.64. The molecule has 2 atom stereocenters. The second-order valence-corrected chi connectivity index (χ2v) is 6.41. The standard InChI is InChI=1S/C17H26N2/c1-13(18)17-7-2-3-10-19(17)12-14-5-4-6-16(11-14)15-8-9-15/h4-6,11,13,15,17H,2-3,7-10,12,18H2,1H3. The maximum atomic E-state index is 6.16. The van der Waals surface area contributed by atoms with Crippen molar-refractivity contribution >= 4 is 0 Å². The van der Waals surface area contributed by atoms with Gasteiger partial charge in [0.2, 0.25) is 0 Å². The van der Waals surface area contributed by atoms with Crippen LogP contribution in [-0.4, -0.2) is 23.5 Å². The molecule has 104 valence electrons. The Kier molecular flexibility index (Phi) is 3.90. The van der Waals surface area contributed by atoms with Gasteiger partial charge in [0, 0.05) is 18.6 Å². The van der Waals surface area contributed by atoms with Crippen LogP contribution in [0.25, 0.3) is 0 Å². The van der Waals surface area contributed by atoms with Gasteiger partial charge in [-0.1, -0.05) is 30.7 Å².